The molecule has 0 radical (unpaired) electrons. The Balaban J connectivity index is 1.71. The van der Waals surface area contributed by atoms with Crippen LogP contribution in [0.1, 0.15) is 10.4 Å². The van der Waals surface area contributed by atoms with E-state index in [0.29, 0.717) is 33.6 Å². The number of benzene rings is 3. The summed E-state index contributed by atoms with van der Waals surface area (Å²) in [7, 11) is 1.53. The van der Waals surface area contributed by atoms with Gasteiger partial charge in [-0.05, 0) is 48.5 Å². The fourth-order valence-electron chi connectivity index (χ4n) is 3.03. The fourth-order valence-corrected chi connectivity index (χ4v) is 3.03. The molecule has 0 spiro atoms. The van der Waals surface area contributed by atoms with Crippen molar-refractivity contribution in [3.05, 3.63) is 94.8 Å². The number of anilines is 1. The molecule has 0 saturated heterocycles. The number of carbonyl (C=O) groups is 1. The summed E-state index contributed by atoms with van der Waals surface area (Å²) in [6.45, 7) is 0. The number of aromatic nitrogens is 2. The molecule has 1 amide bonds. The molecule has 6 nitrogen and oxygen atoms in total. The van der Waals surface area contributed by atoms with E-state index in [1.165, 1.54) is 48.3 Å². The third-order valence-electron chi connectivity index (χ3n) is 4.45. The first kappa shape index (κ1) is 18.4. The number of fused-ring (bicyclic) bond motifs is 1. The summed E-state index contributed by atoms with van der Waals surface area (Å²) < 4.78 is 20.0. The molecule has 0 unspecified atom stereocenters. The summed E-state index contributed by atoms with van der Waals surface area (Å²) in [6, 6.07) is 17.4. The predicted molar refractivity (Wildman–Crippen MR) is 108 cm³/mol. The van der Waals surface area contributed by atoms with E-state index in [4.69, 9.17) is 4.74 Å². The first-order valence-electron chi connectivity index (χ1n) is 8.78. The summed E-state index contributed by atoms with van der Waals surface area (Å²) in [5.41, 5.74) is 1.32. The zero-order valence-corrected chi connectivity index (χ0v) is 15.4. The number of rotatable bonds is 4. The van der Waals surface area contributed by atoms with Crippen molar-refractivity contribution in [2.24, 2.45) is 0 Å². The molecule has 144 valence electrons. The van der Waals surface area contributed by atoms with Crippen molar-refractivity contribution in [2.45, 2.75) is 0 Å². The molecule has 3 aromatic carbocycles. The van der Waals surface area contributed by atoms with Crippen LogP contribution in [0.4, 0.5) is 10.1 Å². The second-order valence-corrected chi connectivity index (χ2v) is 6.29. The minimum atomic E-state index is -0.445. The van der Waals surface area contributed by atoms with Crippen molar-refractivity contribution in [3.8, 4) is 11.4 Å². The van der Waals surface area contributed by atoms with E-state index >= 15 is 0 Å². The first-order valence-corrected chi connectivity index (χ1v) is 8.78. The van der Waals surface area contributed by atoms with Crippen molar-refractivity contribution in [3.63, 3.8) is 0 Å². The van der Waals surface area contributed by atoms with E-state index in [1.807, 2.05) is 6.07 Å². The predicted octanol–water partition coefficient (Wildman–Crippen LogP) is 3.79. The van der Waals surface area contributed by atoms with Crippen molar-refractivity contribution in [2.75, 3.05) is 12.4 Å². The van der Waals surface area contributed by atoms with Crippen LogP contribution in [0.5, 0.6) is 5.75 Å². The summed E-state index contributed by atoms with van der Waals surface area (Å²) in [6.07, 6.45) is 1.40. The molecular weight excluding hydrogens is 373 g/mol. The second-order valence-electron chi connectivity index (χ2n) is 6.29. The number of methoxy groups -OCH3 is 1. The highest BCUT2D eigenvalue weighted by Crippen LogP contribution is 2.21. The largest absolute Gasteiger partial charge is 0.495 e. The van der Waals surface area contributed by atoms with Crippen LogP contribution in [0, 0.1) is 5.82 Å². The van der Waals surface area contributed by atoms with Gasteiger partial charge in [-0.3, -0.25) is 14.2 Å². The highest BCUT2D eigenvalue weighted by Gasteiger charge is 2.13. The van der Waals surface area contributed by atoms with Crippen LogP contribution >= 0.6 is 0 Å². The maximum Gasteiger partial charge on any atom is 0.265 e. The molecular formula is C22H16FN3O3. The quantitative estimate of drug-likeness (QED) is 0.576. The maximum atomic E-state index is 13.3. The van der Waals surface area contributed by atoms with Crippen LogP contribution < -0.4 is 15.6 Å². The molecule has 0 saturated carbocycles. The lowest BCUT2D eigenvalue weighted by molar-refractivity contribution is 0.102. The molecule has 4 aromatic rings. The number of nitrogens with one attached hydrogen (secondary N) is 1. The number of para-hydroxylation sites is 2. The van der Waals surface area contributed by atoms with E-state index in [9.17, 15) is 14.0 Å². The topological polar surface area (TPSA) is 73.2 Å². The van der Waals surface area contributed by atoms with E-state index < -0.39 is 11.7 Å². The van der Waals surface area contributed by atoms with E-state index in [1.54, 1.807) is 30.3 Å². The Kier molecular flexibility index (Phi) is 4.78. The highest BCUT2D eigenvalue weighted by molar-refractivity contribution is 6.06. The van der Waals surface area contributed by atoms with Gasteiger partial charge in [0.25, 0.3) is 11.5 Å². The van der Waals surface area contributed by atoms with Crippen LogP contribution in [0.15, 0.2) is 77.9 Å². The van der Waals surface area contributed by atoms with Gasteiger partial charge in [-0.15, -0.1) is 0 Å². The van der Waals surface area contributed by atoms with Gasteiger partial charge in [-0.25, -0.2) is 9.37 Å². The zero-order chi connectivity index (χ0) is 20.4. The van der Waals surface area contributed by atoms with Gasteiger partial charge < -0.3 is 10.1 Å². The Hall–Kier alpha value is -4.00. The molecule has 1 N–H and O–H groups in total. The van der Waals surface area contributed by atoms with Gasteiger partial charge in [0.2, 0.25) is 0 Å². The third kappa shape index (κ3) is 3.58. The summed E-state index contributed by atoms with van der Waals surface area (Å²) in [4.78, 5) is 29.7. The number of ether oxygens (including phenoxy) is 1. The minimum absolute atomic E-state index is 0.281. The van der Waals surface area contributed by atoms with Crippen LogP contribution in [0.3, 0.4) is 0 Å². The van der Waals surface area contributed by atoms with Crippen molar-refractivity contribution < 1.29 is 13.9 Å². The first-order chi connectivity index (χ1) is 14.1. The smallest absolute Gasteiger partial charge is 0.265 e. The SMILES string of the molecule is COc1ccccc1-n1cnc2cc(C(=O)Nc3cccc(F)c3)ccc2c1=O. The monoisotopic (exact) mass is 389 g/mol. The Morgan fingerprint density at radius 1 is 1.07 bits per heavy atom. The number of hydrogen-bond acceptors (Lipinski definition) is 4. The van der Waals surface area contributed by atoms with Gasteiger partial charge in [0.05, 0.1) is 23.7 Å². The van der Waals surface area contributed by atoms with E-state index in [0.717, 1.165) is 0 Å². The average molecular weight is 389 g/mol. The summed E-state index contributed by atoms with van der Waals surface area (Å²) in [5, 5.41) is 2.99. The standard InChI is InChI=1S/C22H16FN3O3/c1-29-20-8-3-2-7-19(20)26-13-24-18-11-14(9-10-17(18)22(26)28)21(27)25-16-6-4-5-15(23)12-16/h2-13H,1H3,(H,25,27). The molecule has 0 aliphatic rings. The van der Waals surface area contributed by atoms with Crippen LogP contribution in [-0.4, -0.2) is 22.6 Å². The number of amides is 1. The van der Waals surface area contributed by atoms with Crippen molar-refractivity contribution in [1.29, 1.82) is 0 Å². The van der Waals surface area contributed by atoms with Gasteiger partial charge in [-0.2, -0.15) is 0 Å². The van der Waals surface area contributed by atoms with Gasteiger partial charge in [-0.1, -0.05) is 18.2 Å². The molecule has 0 aliphatic carbocycles. The van der Waals surface area contributed by atoms with Gasteiger partial charge in [0, 0.05) is 11.3 Å². The highest BCUT2D eigenvalue weighted by atomic mass is 19.1. The second kappa shape index (κ2) is 7.55. The van der Waals surface area contributed by atoms with E-state index in [-0.39, 0.29) is 5.56 Å². The van der Waals surface area contributed by atoms with Crippen LogP contribution in [0.25, 0.3) is 16.6 Å². The van der Waals surface area contributed by atoms with E-state index in [2.05, 4.69) is 10.3 Å². The maximum absolute atomic E-state index is 13.3. The lowest BCUT2D eigenvalue weighted by Gasteiger charge is -2.11. The molecule has 0 fully saturated rings. The number of nitrogens with zero attached hydrogens (tertiary/aromatic N) is 2. The molecule has 1 aromatic heterocycles. The summed E-state index contributed by atoms with van der Waals surface area (Å²) in [5.74, 6) is -0.324. The fraction of sp³-hybridized carbons (Fsp3) is 0.0455. The lowest BCUT2D eigenvalue weighted by Crippen LogP contribution is -2.20. The molecule has 4 rings (SSSR count). The minimum Gasteiger partial charge on any atom is -0.495 e. The Morgan fingerprint density at radius 3 is 2.69 bits per heavy atom. The number of hydrogen-bond donors (Lipinski definition) is 1. The molecule has 29 heavy (non-hydrogen) atoms. The third-order valence-corrected chi connectivity index (χ3v) is 4.45. The zero-order valence-electron chi connectivity index (χ0n) is 15.4. The molecule has 0 atom stereocenters. The van der Waals surface area contributed by atoms with Gasteiger partial charge >= 0.3 is 0 Å². The molecule has 7 heteroatoms. The normalized spacial score (nSPS) is 10.7. The van der Waals surface area contributed by atoms with Crippen LogP contribution in [-0.2, 0) is 0 Å². The van der Waals surface area contributed by atoms with Crippen LogP contribution in [0.2, 0.25) is 0 Å². The Bertz CT molecular complexity index is 1280. The molecule has 1 heterocycles. The molecule has 0 bridgehead atoms. The number of carbonyl (C=O) groups excluding carboxylic acids is 1. The lowest BCUT2D eigenvalue weighted by atomic mass is 10.1. The molecule has 0 aliphatic heterocycles. The number of halogens is 1. The Morgan fingerprint density at radius 2 is 1.90 bits per heavy atom. The van der Waals surface area contributed by atoms with Crippen molar-refractivity contribution >= 4 is 22.5 Å². The van der Waals surface area contributed by atoms with Gasteiger partial charge in [0.15, 0.2) is 0 Å². The Labute approximate surface area is 165 Å². The summed E-state index contributed by atoms with van der Waals surface area (Å²) >= 11 is 0. The van der Waals surface area contributed by atoms with Crippen molar-refractivity contribution in [1.82, 2.24) is 9.55 Å². The van der Waals surface area contributed by atoms with Gasteiger partial charge in [0.1, 0.15) is 17.9 Å². The average Bonchev–Trinajstić information content (AvgIpc) is 2.74.